The molecule has 19 heavy (non-hydrogen) atoms. The molecule has 1 fully saturated rings. The Hall–Kier alpha value is -1.57. The van der Waals surface area contributed by atoms with E-state index in [-0.39, 0.29) is 18.3 Å². The predicted molar refractivity (Wildman–Crippen MR) is 70.0 cm³/mol. The van der Waals surface area contributed by atoms with Crippen LogP contribution in [0, 0.1) is 16.7 Å². The van der Waals surface area contributed by atoms with Crippen molar-refractivity contribution >= 4 is 11.9 Å². The standard InChI is InChI=1S/C14H22N2O3/c1-16(10-7-12(17)19-2)13(18)14(11-15)8-5-3-4-6-9-14/h3-10H2,1-2H3. The Labute approximate surface area is 114 Å². The maximum Gasteiger partial charge on any atom is 0.307 e. The van der Waals surface area contributed by atoms with Gasteiger partial charge in [0, 0.05) is 13.6 Å². The number of hydrogen-bond donors (Lipinski definition) is 0. The largest absolute Gasteiger partial charge is 0.469 e. The molecular weight excluding hydrogens is 244 g/mol. The monoisotopic (exact) mass is 266 g/mol. The van der Waals surface area contributed by atoms with Crippen LogP contribution >= 0.6 is 0 Å². The minimum Gasteiger partial charge on any atom is -0.469 e. The SMILES string of the molecule is COC(=O)CCN(C)C(=O)C1(C#N)CCCCCC1. The molecule has 0 N–H and O–H groups in total. The van der Waals surface area contributed by atoms with Crippen LogP contribution in [0.5, 0.6) is 0 Å². The molecule has 0 unspecified atom stereocenters. The third kappa shape index (κ3) is 3.95. The van der Waals surface area contributed by atoms with Gasteiger partial charge in [-0.25, -0.2) is 0 Å². The minimum atomic E-state index is -0.888. The molecule has 1 amide bonds. The maximum atomic E-state index is 12.5. The van der Waals surface area contributed by atoms with E-state index in [2.05, 4.69) is 10.8 Å². The lowest BCUT2D eigenvalue weighted by molar-refractivity contribution is -0.143. The lowest BCUT2D eigenvalue weighted by Gasteiger charge is -2.29. The Morgan fingerprint density at radius 3 is 2.32 bits per heavy atom. The first kappa shape index (κ1) is 15.5. The summed E-state index contributed by atoms with van der Waals surface area (Å²) in [5.41, 5.74) is -0.888. The minimum absolute atomic E-state index is 0.152. The molecule has 106 valence electrons. The molecule has 1 aliphatic rings. The van der Waals surface area contributed by atoms with Crippen molar-refractivity contribution in [1.29, 1.82) is 5.26 Å². The zero-order valence-electron chi connectivity index (χ0n) is 11.8. The fourth-order valence-electron chi connectivity index (χ4n) is 2.53. The third-order valence-corrected chi connectivity index (χ3v) is 3.81. The molecular formula is C14H22N2O3. The van der Waals surface area contributed by atoms with Gasteiger partial charge in [0.25, 0.3) is 0 Å². The predicted octanol–water partition coefficient (Wildman–Crippen LogP) is 1.87. The number of methoxy groups -OCH3 is 1. The van der Waals surface area contributed by atoms with E-state index in [9.17, 15) is 14.9 Å². The zero-order valence-corrected chi connectivity index (χ0v) is 11.8. The van der Waals surface area contributed by atoms with E-state index in [0.29, 0.717) is 19.4 Å². The summed E-state index contributed by atoms with van der Waals surface area (Å²) in [6.45, 7) is 0.301. The third-order valence-electron chi connectivity index (χ3n) is 3.81. The van der Waals surface area contributed by atoms with Crippen LogP contribution in [-0.4, -0.2) is 37.5 Å². The van der Waals surface area contributed by atoms with E-state index in [1.165, 1.54) is 12.0 Å². The highest BCUT2D eigenvalue weighted by atomic mass is 16.5. The van der Waals surface area contributed by atoms with Gasteiger partial charge in [-0.05, 0) is 12.8 Å². The van der Waals surface area contributed by atoms with Crippen molar-refractivity contribution in [2.45, 2.75) is 44.9 Å². The van der Waals surface area contributed by atoms with Crippen molar-refractivity contribution in [3.05, 3.63) is 0 Å². The van der Waals surface area contributed by atoms with Crippen LogP contribution in [0.1, 0.15) is 44.9 Å². The van der Waals surface area contributed by atoms with Gasteiger partial charge >= 0.3 is 5.97 Å². The molecule has 1 saturated carbocycles. The first-order valence-corrected chi connectivity index (χ1v) is 6.79. The van der Waals surface area contributed by atoms with Gasteiger partial charge in [-0.2, -0.15) is 5.26 Å². The summed E-state index contributed by atoms with van der Waals surface area (Å²) < 4.78 is 4.56. The van der Waals surface area contributed by atoms with Crippen molar-refractivity contribution in [3.63, 3.8) is 0 Å². The van der Waals surface area contributed by atoms with Gasteiger partial charge in [0.05, 0.1) is 19.6 Å². The van der Waals surface area contributed by atoms with Crippen LogP contribution in [0.4, 0.5) is 0 Å². The molecule has 0 atom stereocenters. The number of esters is 1. The van der Waals surface area contributed by atoms with Gasteiger partial charge in [0.1, 0.15) is 5.41 Å². The first-order valence-electron chi connectivity index (χ1n) is 6.79. The average Bonchev–Trinajstić information content (AvgIpc) is 2.69. The number of nitriles is 1. The number of carbonyl (C=O) groups is 2. The molecule has 5 heteroatoms. The zero-order chi connectivity index (χ0) is 14.3. The van der Waals surface area contributed by atoms with Gasteiger partial charge in [-0.15, -0.1) is 0 Å². The lowest BCUT2D eigenvalue weighted by Crippen LogP contribution is -2.42. The number of hydrogen-bond acceptors (Lipinski definition) is 4. The van der Waals surface area contributed by atoms with E-state index in [4.69, 9.17) is 0 Å². The summed E-state index contributed by atoms with van der Waals surface area (Å²) >= 11 is 0. The van der Waals surface area contributed by atoms with Gasteiger partial charge < -0.3 is 9.64 Å². The number of rotatable bonds is 4. The molecule has 0 radical (unpaired) electrons. The first-order chi connectivity index (χ1) is 9.05. The fraction of sp³-hybridized carbons (Fsp3) is 0.786. The number of carbonyl (C=O) groups excluding carboxylic acids is 2. The van der Waals surface area contributed by atoms with E-state index in [0.717, 1.165) is 25.7 Å². The van der Waals surface area contributed by atoms with Crippen molar-refractivity contribution < 1.29 is 14.3 Å². The van der Waals surface area contributed by atoms with E-state index < -0.39 is 5.41 Å². The maximum absolute atomic E-state index is 12.5. The molecule has 0 heterocycles. The van der Waals surface area contributed by atoms with E-state index in [1.54, 1.807) is 7.05 Å². The van der Waals surface area contributed by atoms with Crippen LogP contribution in [0.2, 0.25) is 0 Å². The van der Waals surface area contributed by atoms with Crippen LogP contribution < -0.4 is 0 Å². The Balaban J connectivity index is 2.66. The van der Waals surface area contributed by atoms with Crippen LogP contribution in [0.15, 0.2) is 0 Å². The summed E-state index contributed by atoms with van der Waals surface area (Å²) in [5.74, 6) is -0.493. The molecule has 0 aromatic heterocycles. The molecule has 1 aliphatic carbocycles. The second-order valence-electron chi connectivity index (χ2n) is 5.16. The van der Waals surface area contributed by atoms with Crippen LogP contribution in [0.3, 0.4) is 0 Å². The summed E-state index contributed by atoms with van der Waals surface area (Å²) in [6, 6.07) is 2.23. The highest BCUT2D eigenvalue weighted by Crippen LogP contribution is 2.36. The summed E-state index contributed by atoms with van der Waals surface area (Å²) in [5, 5.41) is 9.42. The number of amides is 1. The molecule has 0 aromatic rings. The molecule has 0 spiro atoms. The molecule has 1 rings (SSSR count). The second-order valence-corrected chi connectivity index (χ2v) is 5.16. The summed E-state index contributed by atoms with van der Waals surface area (Å²) in [4.78, 5) is 25.0. The number of nitrogens with zero attached hydrogens (tertiary/aromatic N) is 2. The molecule has 5 nitrogen and oxygen atoms in total. The van der Waals surface area contributed by atoms with E-state index >= 15 is 0 Å². The van der Waals surface area contributed by atoms with Crippen molar-refractivity contribution in [3.8, 4) is 6.07 Å². The van der Waals surface area contributed by atoms with Gasteiger partial charge in [-0.1, -0.05) is 25.7 Å². The van der Waals surface area contributed by atoms with Crippen molar-refractivity contribution in [2.75, 3.05) is 20.7 Å². The van der Waals surface area contributed by atoms with Crippen LogP contribution in [-0.2, 0) is 14.3 Å². The Morgan fingerprint density at radius 2 is 1.84 bits per heavy atom. The van der Waals surface area contributed by atoms with Gasteiger partial charge in [0.2, 0.25) is 5.91 Å². The Morgan fingerprint density at radius 1 is 1.26 bits per heavy atom. The lowest BCUT2D eigenvalue weighted by atomic mass is 9.80. The number of ether oxygens (including phenoxy) is 1. The molecule has 0 saturated heterocycles. The van der Waals surface area contributed by atoms with Crippen molar-refractivity contribution in [2.24, 2.45) is 5.41 Å². The molecule has 0 aromatic carbocycles. The molecule has 0 aliphatic heterocycles. The average molecular weight is 266 g/mol. The van der Waals surface area contributed by atoms with E-state index in [1.807, 2.05) is 0 Å². The second kappa shape index (κ2) is 7.13. The highest BCUT2D eigenvalue weighted by Gasteiger charge is 2.40. The Bertz CT molecular complexity index is 365. The summed E-state index contributed by atoms with van der Waals surface area (Å²) in [6.07, 6.45) is 5.44. The molecule has 0 bridgehead atoms. The Kier molecular flexibility index (Phi) is 5.81. The normalized spacial score (nSPS) is 17.9. The van der Waals surface area contributed by atoms with Gasteiger partial charge in [0.15, 0.2) is 0 Å². The van der Waals surface area contributed by atoms with Crippen molar-refractivity contribution in [1.82, 2.24) is 4.90 Å². The topological polar surface area (TPSA) is 70.4 Å². The smallest absolute Gasteiger partial charge is 0.307 e. The van der Waals surface area contributed by atoms with Crippen LogP contribution in [0.25, 0.3) is 0 Å². The van der Waals surface area contributed by atoms with Gasteiger partial charge in [-0.3, -0.25) is 9.59 Å². The summed E-state index contributed by atoms with van der Waals surface area (Å²) in [7, 11) is 2.97. The fourth-order valence-corrected chi connectivity index (χ4v) is 2.53. The quantitative estimate of drug-likeness (QED) is 0.575. The highest BCUT2D eigenvalue weighted by molar-refractivity contribution is 5.85.